The van der Waals surface area contributed by atoms with Crippen LogP contribution in [0, 0.1) is 0 Å². The molecule has 0 spiro atoms. The Morgan fingerprint density at radius 2 is 1.87 bits per heavy atom. The van der Waals surface area contributed by atoms with Crippen molar-refractivity contribution in [2.24, 2.45) is 0 Å². The summed E-state index contributed by atoms with van der Waals surface area (Å²) >= 11 is 0. The molecular weight excluding hydrogens is 286 g/mol. The van der Waals surface area contributed by atoms with Crippen LogP contribution in [0.2, 0.25) is 0 Å². The van der Waals surface area contributed by atoms with E-state index in [1.165, 1.54) is 10.9 Å². The summed E-state index contributed by atoms with van der Waals surface area (Å²) in [4.78, 5) is 13.4. The number of amides is 1. The zero-order valence-corrected chi connectivity index (χ0v) is 14.6. The molecule has 0 unspecified atom stereocenters. The average Bonchev–Trinajstić information content (AvgIpc) is 2.88. The number of anilines is 1. The Balaban J connectivity index is 1.79. The number of carbonyl (C=O) groups excluding carboxylic acids is 1. The molecular formula is C19H27N3O. The van der Waals surface area contributed by atoms with Gasteiger partial charge in [-0.05, 0) is 57.9 Å². The number of piperidine rings is 1. The Morgan fingerprint density at radius 1 is 1.17 bits per heavy atom. The highest BCUT2D eigenvalue weighted by Gasteiger charge is 2.22. The summed E-state index contributed by atoms with van der Waals surface area (Å²) in [6.45, 7) is 9.91. The first-order valence-corrected chi connectivity index (χ1v) is 8.48. The van der Waals surface area contributed by atoms with E-state index in [0.29, 0.717) is 6.04 Å². The van der Waals surface area contributed by atoms with Crippen molar-refractivity contribution in [2.75, 3.05) is 18.4 Å². The van der Waals surface area contributed by atoms with Crippen LogP contribution < -0.4 is 5.32 Å². The van der Waals surface area contributed by atoms with E-state index in [1.807, 2.05) is 4.90 Å². The first-order valence-electron chi connectivity index (χ1n) is 8.48. The number of fused-ring (bicyclic) bond motifs is 1. The Bertz CT molecular complexity index is 703. The van der Waals surface area contributed by atoms with Gasteiger partial charge in [-0.15, -0.1) is 0 Å². The third-order valence-electron chi connectivity index (χ3n) is 4.54. The zero-order valence-electron chi connectivity index (χ0n) is 14.6. The molecule has 2 heterocycles. The molecule has 3 rings (SSSR count). The molecule has 0 atom stereocenters. The molecule has 0 bridgehead atoms. The summed E-state index contributed by atoms with van der Waals surface area (Å²) in [5.74, 6) is 0.193. The van der Waals surface area contributed by atoms with Gasteiger partial charge in [-0.1, -0.05) is 0 Å². The first kappa shape index (κ1) is 15.9. The third kappa shape index (κ3) is 3.52. The third-order valence-corrected chi connectivity index (χ3v) is 4.54. The van der Waals surface area contributed by atoms with Crippen molar-refractivity contribution in [2.45, 2.75) is 52.1 Å². The highest BCUT2D eigenvalue weighted by Crippen LogP contribution is 2.29. The van der Waals surface area contributed by atoms with Gasteiger partial charge in [-0.3, -0.25) is 4.79 Å². The fourth-order valence-corrected chi connectivity index (χ4v) is 3.45. The molecule has 0 radical (unpaired) electrons. The molecule has 1 aliphatic heterocycles. The Hall–Kier alpha value is -1.97. The van der Waals surface area contributed by atoms with E-state index in [9.17, 15) is 4.79 Å². The van der Waals surface area contributed by atoms with Crippen LogP contribution in [0.1, 0.15) is 46.6 Å². The van der Waals surface area contributed by atoms with Crippen LogP contribution in [-0.2, 0) is 4.79 Å². The first-order chi connectivity index (χ1) is 10.8. The number of hydrogen-bond donors (Lipinski definition) is 1. The van der Waals surface area contributed by atoms with Gasteiger partial charge in [-0.2, -0.15) is 0 Å². The number of benzene rings is 1. The Morgan fingerprint density at radius 3 is 2.48 bits per heavy atom. The second kappa shape index (κ2) is 5.91. The maximum atomic E-state index is 11.5. The Labute approximate surface area is 138 Å². The highest BCUT2D eigenvalue weighted by atomic mass is 16.2. The summed E-state index contributed by atoms with van der Waals surface area (Å²) in [6.07, 6.45) is 4.26. The number of hydrogen-bond acceptors (Lipinski definition) is 2. The van der Waals surface area contributed by atoms with E-state index >= 15 is 0 Å². The summed E-state index contributed by atoms with van der Waals surface area (Å²) in [7, 11) is 0. The summed E-state index contributed by atoms with van der Waals surface area (Å²) in [6, 6.07) is 9.28. The van der Waals surface area contributed by atoms with E-state index in [-0.39, 0.29) is 11.4 Å². The summed E-state index contributed by atoms with van der Waals surface area (Å²) < 4.78 is 2.38. The van der Waals surface area contributed by atoms with Gasteiger partial charge in [0.15, 0.2) is 0 Å². The molecule has 4 heteroatoms. The number of rotatable bonds is 2. The van der Waals surface area contributed by atoms with E-state index in [1.54, 1.807) is 6.92 Å². The molecule has 1 aliphatic rings. The molecule has 1 aromatic heterocycles. The lowest BCUT2D eigenvalue weighted by Crippen LogP contribution is -2.37. The van der Waals surface area contributed by atoms with E-state index in [0.717, 1.165) is 31.6 Å². The standard InChI is InChI=1S/C19H27N3O/c1-14(23)21-10-8-17(9-11-21)22-12-7-15-13-16(5-6-18(15)22)20-19(2,3)4/h5-7,12-13,17,20H,8-11H2,1-4H3. The van der Waals surface area contributed by atoms with Gasteiger partial charge in [0.1, 0.15) is 0 Å². The predicted molar refractivity (Wildman–Crippen MR) is 95.8 cm³/mol. The van der Waals surface area contributed by atoms with Crippen molar-refractivity contribution in [1.82, 2.24) is 9.47 Å². The topological polar surface area (TPSA) is 37.3 Å². The van der Waals surface area contributed by atoms with Crippen molar-refractivity contribution in [1.29, 1.82) is 0 Å². The normalized spacial score (nSPS) is 16.8. The minimum absolute atomic E-state index is 0.0652. The largest absolute Gasteiger partial charge is 0.380 e. The lowest BCUT2D eigenvalue weighted by atomic mass is 10.0. The van der Waals surface area contributed by atoms with Crippen molar-refractivity contribution in [3.05, 3.63) is 30.5 Å². The fraction of sp³-hybridized carbons (Fsp3) is 0.526. The summed E-state index contributed by atoms with van der Waals surface area (Å²) in [5, 5.41) is 4.80. The SMILES string of the molecule is CC(=O)N1CCC(n2ccc3cc(NC(C)(C)C)ccc32)CC1. The van der Waals surface area contributed by atoms with Crippen molar-refractivity contribution in [3.8, 4) is 0 Å². The lowest BCUT2D eigenvalue weighted by molar-refractivity contribution is -0.130. The van der Waals surface area contributed by atoms with Gasteiger partial charge >= 0.3 is 0 Å². The van der Waals surface area contributed by atoms with Crippen molar-refractivity contribution in [3.63, 3.8) is 0 Å². The molecule has 1 fully saturated rings. The maximum absolute atomic E-state index is 11.5. The molecule has 1 N–H and O–H groups in total. The zero-order chi connectivity index (χ0) is 16.6. The van der Waals surface area contributed by atoms with Crippen LogP contribution in [-0.4, -0.2) is 34.0 Å². The smallest absolute Gasteiger partial charge is 0.219 e. The lowest BCUT2D eigenvalue weighted by Gasteiger charge is -2.32. The van der Waals surface area contributed by atoms with Crippen LogP contribution in [0.15, 0.2) is 30.5 Å². The fourth-order valence-electron chi connectivity index (χ4n) is 3.45. The molecule has 4 nitrogen and oxygen atoms in total. The van der Waals surface area contributed by atoms with Gasteiger partial charge in [0.25, 0.3) is 0 Å². The van der Waals surface area contributed by atoms with Crippen molar-refractivity contribution >= 4 is 22.5 Å². The molecule has 2 aromatic rings. The molecule has 23 heavy (non-hydrogen) atoms. The number of nitrogens with one attached hydrogen (secondary N) is 1. The molecule has 0 aliphatic carbocycles. The van der Waals surface area contributed by atoms with Gasteiger partial charge in [-0.25, -0.2) is 0 Å². The van der Waals surface area contributed by atoms with E-state index in [2.05, 4.69) is 61.1 Å². The van der Waals surface area contributed by atoms with Crippen LogP contribution in [0.3, 0.4) is 0 Å². The molecule has 124 valence electrons. The highest BCUT2D eigenvalue weighted by molar-refractivity contribution is 5.84. The van der Waals surface area contributed by atoms with Gasteiger partial charge in [0.2, 0.25) is 5.91 Å². The van der Waals surface area contributed by atoms with Crippen LogP contribution in [0.25, 0.3) is 10.9 Å². The number of aromatic nitrogens is 1. The predicted octanol–water partition coefficient (Wildman–Crippen LogP) is 4.04. The molecule has 0 saturated carbocycles. The number of carbonyl (C=O) groups is 1. The Kier molecular flexibility index (Phi) is 4.09. The van der Waals surface area contributed by atoms with Crippen LogP contribution >= 0.6 is 0 Å². The molecule has 1 saturated heterocycles. The molecule has 1 amide bonds. The van der Waals surface area contributed by atoms with Crippen LogP contribution in [0.5, 0.6) is 0 Å². The van der Waals surface area contributed by atoms with E-state index in [4.69, 9.17) is 0 Å². The van der Waals surface area contributed by atoms with Crippen LogP contribution in [0.4, 0.5) is 5.69 Å². The van der Waals surface area contributed by atoms with Gasteiger partial charge in [0.05, 0.1) is 0 Å². The summed E-state index contributed by atoms with van der Waals surface area (Å²) in [5.41, 5.74) is 2.51. The second-order valence-corrected chi connectivity index (χ2v) is 7.61. The minimum atomic E-state index is 0.0652. The maximum Gasteiger partial charge on any atom is 0.219 e. The molecule has 1 aromatic carbocycles. The minimum Gasteiger partial charge on any atom is -0.380 e. The van der Waals surface area contributed by atoms with Gasteiger partial charge < -0.3 is 14.8 Å². The monoisotopic (exact) mass is 313 g/mol. The average molecular weight is 313 g/mol. The van der Waals surface area contributed by atoms with Gasteiger partial charge in [0, 0.05) is 54.4 Å². The number of likely N-dealkylation sites (tertiary alicyclic amines) is 1. The van der Waals surface area contributed by atoms with E-state index < -0.39 is 0 Å². The second-order valence-electron chi connectivity index (χ2n) is 7.61. The number of nitrogens with zero attached hydrogens (tertiary/aromatic N) is 2. The van der Waals surface area contributed by atoms with Crippen molar-refractivity contribution < 1.29 is 4.79 Å². The quantitative estimate of drug-likeness (QED) is 0.908.